The van der Waals surface area contributed by atoms with Crippen molar-refractivity contribution in [3.05, 3.63) is 40.2 Å². The van der Waals surface area contributed by atoms with Gasteiger partial charge in [0.15, 0.2) is 11.4 Å². The van der Waals surface area contributed by atoms with E-state index in [1.165, 1.54) is 6.07 Å². The van der Waals surface area contributed by atoms with Gasteiger partial charge in [0.25, 0.3) is 5.91 Å². The van der Waals surface area contributed by atoms with Gasteiger partial charge in [-0.15, -0.1) is 0 Å². The fraction of sp³-hybridized carbons (Fsp3) is 0.409. The Morgan fingerprint density at radius 1 is 1.13 bits per heavy atom. The number of Topliss-reactive ketones (excluding diaryl/α,β-unsaturated/α-hetero) is 2. The number of phenols is 1. The molecule has 9 heteroatoms. The number of fused-ring (bicyclic) bond motifs is 3. The number of carbonyl (C=O) groups is 3. The van der Waals surface area contributed by atoms with Crippen LogP contribution in [0.15, 0.2) is 29.0 Å². The number of ketones is 2. The number of aromatic hydroxyl groups is 1. The largest absolute Gasteiger partial charge is 0.508 e. The third-order valence-corrected chi connectivity index (χ3v) is 7.12. The molecule has 0 unspecified atom stereocenters. The van der Waals surface area contributed by atoms with Crippen LogP contribution in [0.1, 0.15) is 30.4 Å². The number of nitrogens with two attached hydrogens (primary N) is 1. The SMILES string of the molecule is NC(=O)C1=C(O)[C@@]2(O)C(=O)C3=C(O)c4c(O)ccc(N5CCC5)c4C[C@H]3C[C@H]2CC1=O. The Labute approximate surface area is 177 Å². The number of phenolic OH excluding ortho intramolecular Hbond substituents is 1. The summed E-state index contributed by atoms with van der Waals surface area (Å²) in [6.07, 6.45) is 1.18. The average Bonchev–Trinajstić information content (AvgIpc) is 2.65. The molecule has 3 aliphatic carbocycles. The zero-order valence-corrected chi connectivity index (χ0v) is 16.6. The standard InChI is InChI=1S/C22H22N2O7/c23-21(30)17-14(26)8-10-6-9-7-11-12(24-4-1-5-24)2-3-13(25)16(11)18(27)15(9)19(28)22(10,31)20(17)29/h2-3,9-10,25,27,29,31H,1,4-8H2,(H2,23,30)/t9-,10+,22+/m1/s1. The number of carbonyl (C=O) groups excluding carboxylic acids is 3. The van der Waals surface area contributed by atoms with Crippen molar-refractivity contribution in [2.45, 2.75) is 31.3 Å². The van der Waals surface area contributed by atoms with Gasteiger partial charge in [-0.1, -0.05) is 0 Å². The van der Waals surface area contributed by atoms with Crippen LogP contribution in [-0.2, 0) is 20.8 Å². The highest BCUT2D eigenvalue weighted by molar-refractivity contribution is 6.22. The van der Waals surface area contributed by atoms with Crippen molar-refractivity contribution in [3.63, 3.8) is 0 Å². The van der Waals surface area contributed by atoms with Crippen molar-refractivity contribution in [2.24, 2.45) is 17.6 Å². The number of benzene rings is 1. The number of anilines is 1. The van der Waals surface area contributed by atoms with E-state index in [0.29, 0.717) is 12.0 Å². The Morgan fingerprint density at radius 2 is 1.84 bits per heavy atom. The zero-order valence-electron chi connectivity index (χ0n) is 16.6. The van der Waals surface area contributed by atoms with Crippen LogP contribution < -0.4 is 10.6 Å². The molecule has 1 aromatic carbocycles. The molecule has 3 atom stereocenters. The molecule has 5 rings (SSSR count). The van der Waals surface area contributed by atoms with E-state index < -0.39 is 52.0 Å². The number of nitrogens with zero attached hydrogens (tertiary/aromatic N) is 1. The quantitative estimate of drug-likeness (QED) is 0.430. The summed E-state index contributed by atoms with van der Waals surface area (Å²) < 4.78 is 0. The van der Waals surface area contributed by atoms with E-state index in [9.17, 15) is 34.8 Å². The summed E-state index contributed by atoms with van der Waals surface area (Å²) in [6, 6.07) is 3.24. The van der Waals surface area contributed by atoms with E-state index in [0.717, 1.165) is 25.2 Å². The molecule has 31 heavy (non-hydrogen) atoms. The van der Waals surface area contributed by atoms with Crippen LogP contribution in [0.2, 0.25) is 0 Å². The highest BCUT2D eigenvalue weighted by atomic mass is 16.3. The van der Waals surface area contributed by atoms with Crippen LogP contribution in [0.3, 0.4) is 0 Å². The summed E-state index contributed by atoms with van der Waals surface area (Å²) in [5, 5.41) is 43.2. The summed E-state index contributed by atoms with van der Waals surface area (Å²) in [5.74, 6) is -6.10. The third-order valence-electron chi connectivity index (χ3n) is 7.12. The minimum atomic E-state index is -2.53. The molecule has 162 valence electrons. The predicted molar refractivity (Wildman–Crippen MR) is 108 cm³/mol. The maximum Gasteiger partial charge on any atom is 0.255 e. The van der Waals surface area contributed by atoms with Crippen LogP contribution in [-0.4, -0.2) is 56.6 Å². The van der Waals surface area contributed by atoms with Crippen LogP contribution in [0.25, 0.3) is 5.76 Å². The first-order valence-electron chi connectivity index (χ1n) is 10.2. The number of primary amides is 1. The average molecular weight is 426 g/mol. The lowest BCUT2D eigenvalue weighted by molar-refractivity contribution is -0.147. The highest BCUT2D eigenvalue weighted by Gasteiger charge is 2.60. The molecule has 9 nitrogen and oxygen atoms in total. The van der Waals surface area contributed by atoms with Crippen molar-refractivity contribution >= 4 is 28.9 Å². The molecule has 6 N–H and O–H groups in total. The fourth-order valence-electron chi connectivity index (χ4n) is 5.46. The smallest absolute Gasteiger partial charge is 0.255 e. The van der Waals surface area contributed by atoms with E-state index in [1.807, 2.05) is 0 Å². The molecule has 1 aliphatic heterocycles. The van der Waals surface area contributed by atoms with Crippen LogP contribution in [0.5, 0.6) is 5.75 Å². The second-order valence-corrected chi connectivity index (χ2v) is 8.70. The molecule has 1 saturated heterocycles. The lowest BCUT2D eigenvalue weighted by Crippen LogP contribution is -2.58. The molecule has 1 aromatic rings. The van der Waals surface area contributed by atoms with Crippen molar-refractivity contribution in [3.8, 4) is 5.75 Å². The molecule has 0 spiro atoms. The summed E-state index contributed by atoms with van der Waals surface area (Å²) in [7, 11) is 0. The van der Waals surface area contributed by atoms with Gasteiger partial charge >= 0.3 is 0 Å². The van der Waals surface area contributed by atoms with Gasteiger partial charge in [0.2, 0.25) is 5.78 Å². The molecule has 0 radical (unpaired) electrons. The minimum Gasteiger partial charge on any atom is -0.508 e. The maximum atomic E-state index is 13.4. The monoisotopic (exact) mass is 426 g/mol. The molecule has 1 heterocycles. The van der Waals surface area contributed by atoms with Gasteiger partial charge in [0, 0.05) is 36.7 Å². The van der Waals surface area contributed by atoms with Gasteiger partial charge in [-0.05, 0) is 42.9 Å². The lowest BCUT2D eigenvalue weighted by atomic mass is 9.59. The Kier molecular flexibility index (Phi) is 4.01. The third kappa shape index (κ3) is 2.43. The first-order valence-corrected chi connectivity index (χ1v) is 10.2. The van der Waals surface area contributed by atoms with Crippen LogP contribution in [0.4, 0.5) is 5.69 Å². The Balaban J connectivity index is 1.69. The van der Waals surface area contributed by atoms with Gasteiger partial charge in [0.05, 0.1) is 5.56 Å². The molecular weight excluding hydrogens is 404 g/mol. The number of rotatable bonds is 2. The van der Waals surface area contributed by atoms with Gasteiger partial charge in [0.1, 0.15) is 22.8 Å². The van der Waals surface area contributed by atoms with Crippen molar-refractivity contribution in [1.82, 2.24) is 0 Å². The first kappa shape index (κ1) is 19.6. The maximum absolute atomic E-state index is 13.4. The second kappa shape index (κ2) is 6.34. The summed E-state index contributed by atoms with van der Waals surface area (Å²) >= 11 is 0. The van der Waals surface area contributed by atoms with E-state index in [4.69, 9.17) is 5.73 Å². The Bertz CT molecular complexity index is 1130. The van der Waals surface area contributed by atoms with Gasteiger partial charge in [-0.25, -0.2) is 0 Å². The van der Waals surface area contributed by atoms with E-state index in [1.54, 1.807) is 6.07 Å². The summed E-state index contributed by atoms with van der Waals surface area (Å²) in [6.45, 7) is 1.70. The van der Waals surface area contributed by atoms with E-state index in [2.05, 4.69) is 4.90 Å². The fourth-order valence-corrected chi connectivity index (χ4v) is 5.46. The number of hydrogen-bond donors (Lipinski definition) is 5. The minimum absolute atomic E-state index is 0.118. The normalized spacial score (nSPS) is 29.9. The topological polar surface area (TPSA) is 161 Å². The molecule has 1 amide bonds. The van der Waals surface area contributed by atoms with Gasteiger partial charge < -0.3 is 31.1 Å². The van der Waals surface area contributed by atoms with Crippen LogP contribution >= 0.6 is 0 Å². The highest BCUT2D eigenvalue weighted by Crippen LogP contribution is 2.53. The van der Waals surface area contributed by atoms with Crippen molar-refractivity contribution in [1.29, 1.82) is 0 Å². The van der Waals surface area contributed by atoms with Gasteiger partial charge in [-0.3, -0.25) is 14.4 Å². The Hall–Kier alpha value is -3.33. The lowest BCUT2D eigenvalue weighted by Gasteiger charge is -2.46. The number of amides is 1. The summed E-state index contributed by atoms with van der Waals surface area (Å²) in [4.78, 5) is 39.5. The Morgan fingerprint density at radius 3 is 2.45 bits per heavy atom. The molecule has 4 aliphatic rings. The predicted octanol–water partition coefficient (Wildman–Crippen LogP) is 0.634. The van der Waals surface area contributed by atoms with E-state index in [-0.39, 0.29) is 29.7 Å². The van der Waals surface area contributed by atoms with Crippen molar-refractivity contribution < 1.29 is 34.8 Å². The molecule has 0 bridgehead atoms. The molecular formula is C22H22N2O7. The van der Waals surface area contributed by atoms with Crippen LogP contribution in [0, 0.1) is 11.8 Å². The molecule has 2 fully saturated rings. The number of aliphatic hydroxyl groups excluding tert-OH is 2. The zero-order chi connectivity index (χ0) is 22.2. The molecule has 1 saturated carbocycles. The first-order chi connectivity index (χ1) is 14.7. The van der Waals surface area contributed by atoms with E-state index >= 15 is 0 Å². The number of hydrogen-bond acceptors (Lipinski definition) is 8. The number of aliphatic hydroxyl groups is 3. The van der Waals surface area contributed by atoms with Crippen molar-refractivity contribution in [2.75, 3.05) is 18.0 Å². The van der Waals surface area contributed by atoms with Gasteiger partial charge in [-0.2, -0.15) is 0 Å². The molecule has 0 aromatic heterocycles. The summed E-state index contributed by atoms with van der Waals surface area (Å²) in [5.41, 5.74) is 3.47. The second-order valence-electron chi connectivity index (χ2n) is 8.70.